The van der Waals surface area contributed by atoms with Gasteiger partial charge in [-0.3, -0.25) is 4.79 Å². The number of rotatable bonds is 3. The summed E-state index contributed by atoms with van der Waals surface area (Å²) in [5.74, 6) is 0.192. The maximum Gasteiger partial charge on any atom is 0.417 e. The predicted octanol–water partition coefficient (Wildman–Crippen LogP) is 1.56. The van der Waals surface area contributed by atoms with Crippen LogP contribution in [0.4, 0.5) is 13.2 Å². The Kier molecular flexibility index (Phi) is 3.16. The van der Waals surface area contributed by atoms with Crippen LogP contribution in [0.2, 0.25) is 0 Å². The van der Waals surface area contributed by atoms with E-state index < -0.39 is 18.9 Å². The summed E-state index contributed by atoms with van der Waals surface area (Å²) in [6, 6.07) is 4.10. The normalized spacial score (nSPS) is 16.1. The molecule has 0 amide bonds. The molecule has 0 aliphatic carbocycles. The molecule has 0 fully saturated rings. The van der Waals surface area contributed by atoms with E-state index in [1.54, 1.807) is 0 Å². The molecule has 7 heteroatoms. The first kappa shape index (κ1) is 12.7. The van der Waals surface area contributed by atoms with E-state index in [1.807, 2.05) is 0 Å². The van der Waals surface area contributed by atoms with Crippen molar-refractivity contribution in [2.24, 2.45) is 0 Å². The number of carbonyl (C=O) groups is 1. The van der Waals surface area contributed by atoms with Crippen LogP contribution in [-0.2, 0) is 0 Å². The zero-order chi connectivity index (χ0) is 13.3. The number of ketones is 1. The zero-order valence-corrected chi connectivity index (χ0v) is 9.03. The van der Waals surface area contributed by atoms with Gasteiger partial charge in [-0.05, 0) is 12.1 Å². The Bertz CT molecular complexity index is 470. The molecule has 0 aromatic heterocycles. The molecule has 0 radical (unpaired) electrons. The fourth-order valence-corrected chi connectivity index (χ4v) is 1.43. The van der Waals surface area contributed by atoms with E-state index >= 15 is 0 Å². The minimum absolute atomic E-state index is 0.0794. The molecular weight excluding hydrogens is 253 g/mol. The Balaban J connectivity index is 2.02. The van der Waals surface area contributed by atoms with Gasteiger partial charge in [-0.1, -0.05) is 0 Å². The third-order valence-corrected chi connectivity index (χ3v) is 2.40. The molecule has 1 aliphatic heterocycles. The van der Waals surface area contributed by atoms with E-state index in [9.17, 15) is 18.0 Å². The number of aliphatic hydroxyl groups excluding tert-OH is 1. The van der Waals surface area contributed by atoms with Crippen molar-refractivity contribution >= 4 is 5.78 Å². The van der Waals surface area contributed by atoms with Crippen LogP contribution in [0.15, 0.2) is 18.2 Å². The van der Waals surface area contributed by atoms with E-state index in [4.69, 9.17) is 14.6 Å². The number of fused-ring (bicyclic) bond motifs is 1. The number of Topliss-reactive ketones (excluding diaryl/α,β-unsaturated/α-hetero) is 1. The molecular formula is C11H9F3O4. The van der Waals surface area contributed by atoms with Crippen molar-refractivity contribution < 1.29 is 32.5 Å². The molecule has 0 bridgehead atoms. The molecule has 1 heterocycles. The fraction of sp³-hybridized carbons (Fsp3) is 0.364. The number of hydrogen-bond acceptors (Lipinski definition) is 4. The van der Waals surface area contributed by atoms with Crippen molar-refractivity contribution in [1.82, 2.24) is 0 Å². The summed E-state index contributed by atoms with van der Waals surface area (Å²) in [6.45, 7) is -0.986. The molecule has 98 valence electrons. The van der Waals surface area contributed by atoms with E-state index in [-0.39, 0.29) is 23.9 Å². The lowest BCUT2D eigenvalue weighted by atomic mass is 10.1. The smallest absolute Gasteiger partial charge is 0.417 e. The molecule has 1 atom stereocenters. The van der Waals surface area contributed by atoms with E-state index in [2.05, 4.69) is 0 Å². The second-order valence-corrected chi connectivity index (χ2v) is 3.74. The Morgan fingerprint density at radius 1 is 1.44 bits per heavy atom. The zero-order valence-electron chi connectivity index (χ0n) is 9.03. The number of aliphatic hydroxyl groups is 1. The van der Waals surface area contributed by atoms with Gasteiger partial charge in [0, 0.05) is 6.07 Å². The molecule has 1 N–H and O–H groups in total. The van der Waals surface area contributed by atoms with Crippen LogP contribution in [0, 0.1) is 0 Å². The van der Waals surface area contributed by atoms with Gasteiger partial charge in [-0.2, -0.15) is 13.2 Å². The number of halogens is 3. The van der Waals surface area contributed by atoms with Gasteiger partial charge in [0.25, 0.3) is 0 Å². The Morgan fingerprint density at radius 3 is 2.83 bits per heavy atom. The minimum atomic E-state index is -4.72. The lowest BCUT2D eigenvalue weighted by molar-refractivity contribution is -0.210. The average molecular weight is 262 g/mol. The fourth-order valence-electron chi connectivity index (χ4n) is 1.43. The van der Waals surface area contributed by atoms with Crippen LogP contribution in [0.25, 0.3) is 0 Å². The minimum Gasteiger partial charge on any atom is -0.490 e. The Morgan fingerprint density at radius 2 is 2.17 bits per heavy atom. The molecule has 1 unspecified atom stereocenters. The number of carbonyl (C=O) groups excluding carboxylic acids is 1. The van der Waals surface area contributed by atoms with Crippen molar-refractivity contribution in [3.63, 3.8) is 0 Å². The molecule has 4 nitrogen and oxygen atoms in total. The largest absolute Gasteiger partial charge is 0.490 e. The van der Waals surface area contributed by atoms with Crippen molar-refractivity contribution in [3.8, 4) is 11.5 Å². The monoisotopic (exact) mass is 262 g/mol. The van der Waals surface area contributed by atoms with Gasteiger partial charge >= 0.3 is 6.18 Å². The van der Waals surface area contributed by atoms with Crippen LogP contribution < -0.4 is 9.47 Å². The summed E-state index contributed by atoms with van der Waals surface area (Å²) in [5.41, 5.74) is 0.374. The summed E-state index contributed by atoms with van der Waals surface area (Å²) >= 11 is 0. The second kappa shape index (κ2) is 4.49. The van der Waals surface area contributed by atoms with Crippen LogP contribution in [0.5, 0.6) is 11.5 Å². The maximum absolute atomic E-state index is 12.0. The SMILES string of the molecule is O=C1COc2cc(OCC(O)C(F)(F)F)ccc21. The summed E-state index contributed by atoms with van der Waals surface area (Å²) in [6.07, 6.45) is -7.27. The molecule has 1 aromatic carbocycles. The highest BCUT2D eigenvalue weighted by Gasteiger charge is 2.38. The van der Waals surface area contributed by atoms with E-state index in [1.165, 1.54) is 18.2 Å². The van der Waals surface area contributed by atoms with E-state index in [0.717, 1.165) is 0 Å². The van der Waals surface area contributed by atoms with Gasteiger partial charge in [0.15, 0.2) is 12.7 Å². The Hall–Kier alpha value is -1.76. The van der Waals surface area contributed by atoms with Crippen molar-refractivity contribution in [2.75, 3.05) is 13.2 Å². The lowest BCUT2D eigenvalue weighted by Gasteiger charge is -2.15. The van der Waals surface area contributed by atoms with Crippen molar-refractivity contribution in [2.45, 2.75) is 12.3 Å². The summed E-state index contributed by atoms with van der Waals surface area (Å²) in [5, 5.41) is 8.75. The van der Waals surface area contributed by atoms with Crippen LogP contribution in [0.3, 0.4) is 0 Å². The van der Waals surface area contributed by atoms with Gasteiger partial charge in [0.05, 0.1) is 5.56 Å². The first-order chi connectivity index (χ1) is 8.38. The number of ether oxygens (including phenoxy) is 2. The van der Waals surface area contributed by atoms with Crippen molar-refractivity contribution in [3.05, 3.63) is 23.8 Å². The van der Waals surface area contributed by atoms with Gasteiger partial charge in [0.1, 0.15) is 18.1 Å². The predicted molar refractivity (Wildman–Crippen MR) is 53.8 cm³/mol. The quantitative estimate of drug-likeness (QED) is 0.898. The standard InChI is InChI=1S/C11H9F3O4/c12-11(13,14)10(16)5-17-6-1-2-7-8(15)4-18-9(7)3-6/h1-3,10,16H,4-5H2. The highest BCUT2D eigenvalue weighted by atomic mass is 19.4. The molecule has 2 rings (SSSR count). The highest BCUT2D eigenvalue weighted by molar-refractivity contribution is 6.02. The van der Waals surface area contributed by atoms with Gasteiger partial charge < -0.3 is 14.6 Å². The summed E-state index contributed by atoms with van der Waals surface area (Å²) < 4.78 is 45.9. The highest BCUT2D eigenvalue weighted by Crippen LogP contribution is 2.30. The third kappa shape index (κ3) is 2.56. The van der Waals surface area contributed by atoms with Gasteiger partial charge in [-0.25, -0.2) is 0 Å². The average Bonchev–Trinajstić information content (AvgIpc) is 2.66. The molecule has 1 aromatic rings. The van der Waals surface area contributed by atoms with Crippen molar-refractivity contribution in [1.29, 1.82) is 0 Å². The molecule has 18 heavy (non-hydrogen) atoms. The topological polar surface area (TPSA) is 55.8 Å². The number of benzene rings is 1. The third-order valence-electron chi connectivity index (χ3n) is 2.40. The molecule has 0 saturated heterocycles. The summed E-state index contributed by atoms with van der Waals surface area (Å²) in [7, 11) is 0. The molecule has 0 saturated carbocycles. The maximum atomic E-state index is 12.0. The first-order valence-corrected chi connectivity index (χ1v) is 5.05. The van der Waals surface area contributed by atoms with Gasteiger partial charge in [0.2, 0.25) is 5.78 Å². The second-order valence-electron chi connectivity index (χ2n) is 3.74. The molecule has 0 spiro atoms. The van der Waals surface area contributed by atoms with Crippen LogP contribution in [0.1, 0.15) is 10.4 Å². The molecule has 1 aliphatic rings. The number of hydrogen-bond donors (Lipinski definition) is 1. The van der Waals surface area contributed by atoms with Crippen LogP contribution in [-0.4, -0.2) is 36.4 Å². The Labute approximate surface area is 99.9 Å². The lowest BCUT2D eigenvalue weighted by Crippen LogP contribution is -2.34. The first-order valence-electron chi connectivity index (χ1n) is 5.05. The summed E-state index contributed by atoms with van der Waals surface area (Å²) in [4.78, 5) is 11.2. The van der Waals surface area contributed by atoms with Gasteiger partial charge in [-0.15, -0.1) is 0 Å². The van der Waals surface area contributed by atoms with Crippen LogP contribution >= 0.6 is 0 Å². The van der Waals surface area contributed by atoms with E-state index in [0.29, 0.717) is 5.56 Å². The number of alkyl halides is 3.